The van der Waals surface area contributed by atoms with E-state index in [2.05, 4.69) is 5.32 Å². The van der Waals surface area contributed by atoms with Crippen molar-refractivity contribution in [3.8, 4) is 0 Å². The largest absolute Gasteiger partial charge is 0.330 e. The zero-order valence-electron chi connectivity index (χ0n) is 11.8. The van der Waals surface area contributed by atoms with Gasteiger partial charge in [0.25, 0.3) is 5.91 Å². The van der Waals surface area contributed by atoms with Crippen molar-refractivity contribution in [2.24, 2.45) is 22.9 Å². The van der Waals surface area contributed by atoms with Gasteiger partial charge < -0.3 is 22.9 Å². The molecule has 8 N–H and O–H groups in total. The van der Waals surface area contributed by atoms with Gasteiger partial charge in [0.05, 0.1) is 6.04 Å². The van der Waals surface area contributed by atoms with Crippen LogP contribution in [0.3, 0.4) is 0 Å². The lowest BCUT2D eigenvalue weighted by atomic mass is 10.1. The fourth-order valence-corrected chi connectivity index (χ4v) is 1.91. The number of nitrogens with two attached hydrogens (primary N) is 4. The molecule has 0 saturated heterocycles. The van der Waals surface area contributed by atoms with E-state index in [9.17, 15) is 4.79 Å². The molecule has 0 saturated carbocycles. The van der Waals surface area contributed by atoms with Crippen molar-refractivity contribution in [2.45, 2.75) is 25.3 Å². The molecule has 0 aliphatic carbocycles. The molecule has 0 aromatic rings. The maximum Gasteiger partial charge on any atom is 0.258 e. The van der Waals surface area contributed by atoms with Gasteiger partial charge in [0.15, 0.2) is 0 Å². The second-order valence-corrected chi connectivity index (χ2v) is 4.42. The lowest BCUT2D eigenvalue weighted by Gasteiger charge is -2.29. The Morgan fingerprint density at radius 2 is 1.53 bits per heavy atom. The minimum atomic E-state index is -0.256. The van der Waals surface area contributed by atoms with Gasteiger partial charge in [-0.05, 0) is 32.4 Å². The van der Waals surface area contributed by atoms with Gasteiger partial charge in [-0.15, -0.1) is 0 Å². The van der Waals surface area contributed by atoms with Crippen molar-refractivity contribution in [2.75, 3.05) is 45.8 Å². The van der Waals surface area contributed by atoms with Crippen LogP contribution < -0.4 is 28.3 Å². The molecule has 0 heterocycles. The summed E-state index contributed by atoms with van der Waals surface area (Å²) in [6, 6.07) is -0.256. The van der Waals surface area contributed by atoms with Crippen LogP contribution in [-0.4, -0.2) is 62.7 Å². The summed E-state index contributed by atoms with van der Waals surface area (Å²) in [4.78, 5) is 14.1. The number of carbonyl (C=O) groups is 1. The van der Waals surface area contributed by atoms with E-state index in [0.29, 0.717) is 52.2 Å². The van der Waals surface area contributed by atoms with Crippen LogP contribution in [0.4, 0.5) is 0 Å². The topological polar surface area (TPSA) is 138 Å². The first-order valence-electron chi connectivity index (χ1n) is 6.96. The van der Waals surface area contributed by atoms with Crippen LogP contribution in [0.1, 0.15) is 19.3 Å². The Morgan fingerprint density at radius 3 is 2.00 bits per heavy atom. The van der Waals surface area contributed by atoms with Crippen molar-refractivity contribution >= 4 is 5.91 Å². The predicted molar refractivity (Wildman–Crippen MR) is 77.4 cm³/mol. The first-order chi connectivity index (χ1) is 9.21. The lowest BCUT2D eigenvalue weighted by Crippen LogP contribution is -2.48. The smallest absolute Gasteiger partial charge is 0.258 e. The molecule has 19 heavy (non-hydrogen) atoms. The monoisotopic (exact) mass is 273 g/mol. The fourth-order valence-electron chi connectivity index (χ4n) is 1.91. The maximum absolute atomic E-state index is 12.1. The van der Waals surface area contributed by atoms with Gasteiger partial charge in [-0.2, -0.15) is 0 Å². The molecule has 0 aromatic heterocycles. The highest BCUT2D eigenvalue weighted by atomic mass is 16.2. The molecule has 0 aliphatic rings. The van der Waals surface area contributed by atoms with Crippen LogP contribution in [-0.2, 0) is 4.79 Å². The van der Waals surface area contributed by atoms with Crippen molar-refractivity contribution in [3.63, 3.8) is 0 Å². The van der Waals surface area contributed by atoms with E-state index in [-0.39, 0.29) is 11.9 Å². The second kappa shape index (κ2) is 12.3. The van der Waals surface area contributed by atoms with Gasteiger partial charge in [-0.1, -0.05) is 0 Å². The molecule has 0 aromatic carbocycles. The van der Waals surface area contributed by atoms with Crippen molar-refractivity contribution in [1.82, 2.24) is 10.2 Å². The van der Waals surface area contributed by atoms with Gasteiger partial charge in [-0.3, -0.25) is 15.0 Å². The molecule has 0 bridgehead atoms. The van der Waals surface area contributed by atoms with E-state index < -0.39 is 0 Å². The molecule has 7 heteroatoms. The van der Waals surface area contributed by atoms with E-state index in [0.717, 1.165) is 12.8 Å². The molecule has 7 nitrogen and oxygen atoms in total. The highest BCUT2D eigenvalue weighted by molar-refractivity contribution is 5.81. The molecule has 1 radical (unpaired) electrons. The normalized spacial score (nSPS) is 12.7. The van der Waals surface area contributed by atoms with Gasteiger partial charge in [0, 0.05) is 32.7 Å². The molecular formula is C12H29N6O. The van der Waals surface area contributed by atoms with E-state index in [1.54, 1.807) is 0 Å². The van der Waals surface area contributed by atoms with Crippen LogP contribution in [0.15, 0.2) is 0 Å². The predicted octanol–water partition coefficient (Wildman–Crippen LogP) is -2.21. The van der Waals surface area contributed by atoms with E-state index in [4.69, 9.17) is 22.9 Å². The molecular weight excluding hydrogens is 244 g/mol. The third-order valence-corrected chi connectivity index (χ3v) is 2.87. The summed E-state index contributed by atoms with van der Waals surface area (Å²) in [6.45, 7) is 3.86. The highest BCUT2D eigenvalue weighted by Gasteiger charge is 2.25. The fraction of sp³-hybridized carbons (Fsp3) is 0.917. The van der Waals surface area contributed by atoms with Crippen LogP contribution in [0, 0.1) is 0 Å². The molecule has 0 rings (SSSR count). The van der Waals surface area contributed by atoms with Gasteiger partial charge >= 0.3 is 0 Å². The summed E-state index contributed by atoms with van der Waals surface area (Å²) in [7, 11) is 0. The number of carbonyl (C=O) groups excluding carboxylic acids is 1. The average Bonchev–Trinajstić information content (AvgIpc) is 2.40. The summed E-state index contributed by atoms with van der Waals surface area (Å²) in [5.41, 5.74) is 22.1. The lowest BCUT2D eigenvalue weighted by molar-refractivity contribution is -0.127. The zero-order chi connectivity index (χ0) is 14.5. The summed E-state index contributed by atoms with van der Waals surface area (Å²) >= 11 is 0. The number of amides is 1. The van der Waals surface area contributed by atoms with E-state index in [1.165, 1.54) is 0 Å². The summed E-state index contributed by atoms with van der Waals surface area (Å²) < 4.78 is 0. The Balaban J connectivity index is 4.49. The molecule has 0 unspecified atom stereocenters. The standard InChI is InChI=1S/C12H29N6O/c13-4-1-3-11(12(19)17-8-2-5-14)18(9-6-15)10-7-16/h11H,1-10,13-16H2/t11-/m1/s1. The van der Waals surface area contributed by atoms with Gasteiger partial charge in [0.1, 0.15) is 0 Å². The highest BCUT2D eigenvalue weighted by Crippen LogP contribution is 2.07. The Morgan fingerprint density at radius 1 is 0.947 bits per heavy atom. The third-order valence-electron chi connectivity index (χ3n) is 2.87. The van der Waals surface area contributed by atoms with Gasteiger partial charge in [-0.25, -0.2) is 0 Å². The van der Waals surface area contributed by atoms with Crippen molar-refractivity contribution < 1.29 is 4.79 Å². The van der Waals surface area contributed by atoms with Crippen LogP contribution >= 0.6 is 0 Å². The van der Waals surface area contributed by atoms with Gasteiger partial charge in [0.2, 0.25) is 0 Å². The number of nitrogens with zero attached hydrogens (tertiary/aromatic N) is 2. The van der Waals surface area contributed by atoms with Crippen LogP contribution in [0.5, 0.6) is 0 Å². The number of hydrogen-bond acceptors (Lipinski definition) is 6. The van der Waals surface area contributed by atoms with Crippen LogP contribution in [0.2, 0.25) is 0 Å². The summed E-state index contributed by atoms with van der Waals surface area (Å²) in [5.74, 6) is -0.108. The molecule has 0 spiro atoms. The number of rotatable bonds is 12. The second-order valence-electron chi connectivity index (χ2n) is 4.42. The summed E-state index contributed by atoms with van der Waals surface area (Å²) in [6.07, 6.45) is 2.21. The first kappa shape index (κ1) is 18.3. The SMILES string of the molecule is NCCC[N]C(=O)[C@@H](CCCN)N(CCN)CCN. The first-order valence-corrected chi connectivity index (χ1v) is 6.96. The molecule has 0 fully saturated rings. The molecule has 113 valence electrons. The third kappa shape index (κ3) is 8.12. The van der Waals surface area contributed by atoms with Crippen molar-refractivity contribution in [3.05, 3.63) is 0 Å². The minimum Gasteiger partial charge on any atom is -0.330 e. The Bertz CT molecular complexity index is 220. The zero-order valence-corrected chi connectivity index (χ0v) is 11.8. The molecule has 1 atom stereocenters. The van der Waals surface area contributed by atoms with E-state index >= 15 is 0 Å². The molecule has 0 aliphatic heterocycles. The Labute approximate surface area is 116 Å². The number of hydrogen-bond donors (Lipinski definition) is 4. The average molecular weight is 273 g/mol. The molecule has 1 amide bonds. The van der Waals surface area contributed by atoms with E-state index in [1.807, 2.05) is 4.90 Å². The minimum absolute atomic E-state index is 0.108. The summed E-state index contributed by atoms with van der Waals surface area (Å²) in [5, 5.41) is 4.07. The Hall–Kier alpha value is -0.730. The Kier molecular flexibility index (Phi) is 11.8. The maximum atomic E-state index is 12.1. The van der Waals surface area contributed by atoms with Crippen molar-refractivity contribution in [1.29, 1.82) is 0 Å². The van der Waals surface area contributed by atoms with Crippen LogP contribution in [0.25, 0.3) is 0 Å². The quantitative estimate of drug-likeness (QED) is 0.297.